The van der Waals surface area contributed by atoms with E-state index in [9.17, 15) is 4.79 Å². The Morgan fingerprint density at radius 3 is 2.54 bits per heavy atom. The van der Waals surface area contributed by atoms with Crippen LogP contribution in [0.4, 0.5) is 0 Å². The van der Waals surface area contributed by atoms with E-state index in [-0.39, 0.29) is 5.91 Å². The van der Waals surface area contributed by atoms with E-state index in [4.69, 9.17) is 4.84 Å². The Kier molecular flexibility index (Phi) is 3.92. The molecule has 0 N–H and O–H groups in total. The minimum Gasteiger partial charge on any atom is -0.266 e. The summed E-state index contributed by atoms with van der Waals surface area (Å²) in [7, 11) is 0. The molecule has 0 saturated carbocycles. The van der Waals surface area contributed by atoms with Crippen LogP contribution < -0.4 is 0 Å². The zero-order valence-corrected chi connectivity index (χ0v) is 14.3. The fourth-order valence-electron chi connectivity index (χ4n) is 2.66. The largest absolute Gasteiger partial charge is 0.299 e. The summed E-state index contributed by atoms with van der Waals surface area (Å²) in [6.45, 7) is 0.804. The molecule has 1 amide bonds. The first-order chi connectivity index (χ1) is 11.7. The van der Waals surface area contributed by atoms with Crippen LogP contribution in [0.2, 0.25) is 0 Å². The Morgan fingerprint density at radius 2 is 1.75 bits per heavy atom. The van der Waals surface area contributed by atoms with Crippen molar-refractivity contribution in [3.63, 3.8) is 0 Å². The molecule has 0 saturated heterocycles. The normalized spacial score (nSPS) is 13.6. The van der Waals surface area contributed by atoms with E-state index < -0.39 is 0 Å². The van der Waals surface area contributed by atoms with Crippen molar-refractivity contribution in [1.82, 2.24) is 14.8 Å². The number of hydroxylamine groups is 2. The molecule has 5 nitrogen and oxygen atoms in total. The van der Waals surface area contributed by atoms with Crippen molar-refractivity contribution in [2.24, 2.45) is 0 Å². The van der Waals surface area contributed by atoms with Crippen LogP contribution in [0.15, 0.2) is 65.3 Å². The van der Waals surface area contributed by atoms with E-state index in [0.29, 0.717) is 23.3 Å². The molecule has 0 bridgehead atoms. The Morgan fingerprint density at radius 1 is 1.04 bits per heavy atom. The van der Waals surface area contributed by atoms with Gasteiger partial charge in [-0.15, -0.1) is 0 Å². The predicted molar refractivity (Wildman–Crippen MR) is 92.4 cm³/mol. The number of carbonyl (C=O) groups excluding carboxylic acids is 1. The lowest BCUT2D eigenvalue weighted by Gasteiger charge is -2.27. The number of carbonyl (C=O) groups is 1. The van der Waals surface area contributed by atoms with Crippen molar-refractivity contribution >= 4 is 21.8 Å². The van der Waals surface area contributed by atoms with Gasteiger partial charge in [-0.3, -0.25) is 9.63 Å². The summed E-state index contributed by atoms with van der Waals surface area (Å²) in [4.78, 5) is 18.4. The predicted octanol–water partition coefficient (Wildman–Crippen LogP) is 3.72. The molecule has 0 atom stereocenters. The molecule has 0 fully saturated rings. The molecular weight excluding hydrogens is 370 g/mol. The Balaban J connectivity index is 1.61. The highest BCUT2D eigenvalue weighted by Crippen LogP contribution is 2.24. The number of halogens is 1. The number of rotatable bonds is 2. The summed E-state index contributed by atoms with van der Waals surface area (Å²) in [5, 5.41) is 5.78. The second-order valence-corrected chi connectivity index (χ2v) is 6.34. The summed E-state index contributed by atoms with van der Waals surface area (Å²) in [6.07, 6.45) is 1.78. The highest BCUT2D eigenvalue weighted by atomic mass is 79.9. The Hall–Kier alpha value is -2.44. The standard InChI is InChI=1S/C18H14BrN3O2/c19-16-11-21(15-8-2-1-3-9-15)20-17(16)18(23)22-10-13-6-4-5-7-14(13)12-24-22/h1-9,11H,10,12H2. The first-order valence-electron chi connectivity index (χ1n) is 7.54. The van der Waals surface area contributed by atoms with Gasteiger partial charge in [0.15, 0.2) is 5.69 Å². The van der Waals surface area contributed by atoms with Crippen LogP contribution in [-0.2, 0) is 18.0 Å². The summed E-state index contributed by atoms with van der Waals surface area (Å²) in [5.41, 5.74) is 3.42. The molecule has 2 heterocycles. The average Bonchev–Trinajstić information content (AvgIpc) is 3.03. The van der Waals surface area contributed by atoms with Crippen molar-refractivity contribution in [2.45, 2.75) is 13.2 Å². The molecule has 0 radical (unpaired) electrons. The number of hydrogen-bond donors (Lipinski definition) is 0. The number of hydrogen-bond acceptors (Lipinski definition) is 3. The van der Waals surface area contributed by atoms with Crippen molar-refractivity contribution in [3.05, 3.63) is 82.1 Å². The third-order valence-corrected chi connectivity index (χ3v) is 4.51. The maximum atomic E-state index is 12.8. The van der Waals surface area contributed by atoms with Crippen LogP contribution in [-0.4, -0.2) is 20.8 Å². The van der Waals surface area contributed by atoms with Gasteiger partial charge in [0.1, 0.15) is 6.61 Å². The number of amides is 1. The molecule has 1 aliphatic rings. The molecule has 4 rings (SSSR count). The number of para-hydroxylation sites is 1. The fraction of sp³-hybridized carbons (Fsp3) is 0.111. The highest BCUT2D eigenvalue weighted by molar-refractivity contribution is 9.10. The van der Waals surface area contributed by atoms with Crippen molar-refractivity contribution in [1.29, 1.82) is 0 Å². The molecule has 6 heteroatoms. The van der Waals surface area contributed by atoms with Crippen molar-refractivity contribution < 1.29 is 9.63 Å². The zero-order chi connectivity index (χ0) is 16.5. The van der Waals surface area contributed by atoms with Crippen LogP contribution in [0, 0.1) is 0 Å². The molecule has 0 spiro atoms. The lowest BCUT2D eigenvalue weighted by molar-refractivity contribution is -0.150. The molecule has 1 aromatic heterocycles. The van der Waals surface area contributed by atoms with E-state index in [1.165, 1.54) is 5.06 Å². The molecular formula is C18H14BrN3O2. The molecule has 0 unspecified atom stereocenters. The first-order valence-corrected chi connectivity index (χ1v) is 8.34. The monoisotopic (exact) mass is 383 g/mol. The van der Waals surface area contributed by atoms with E-state index in [1.807, 2.05) is 54.6 Å². The third-order valence-electron chi connectivity index (χ3n) is 3.93. The van der Waals surface area contributed by atoms with Crippen LogP contribution in [0.3, 0.4) is 0 Å². The van der Waals surface area contributed by atoms with Gasteiger partial charge in [-0.1, -0.05) is 42.5 Å². The van der Waals surface area contributed by atoms with Gasteiger partial charge in [0.2, 0.25) is 0 Å². The summed E-state index contributed by atoms with van der Waals surface area (Å²) < 4.78 is 2.31. The molecule has 120 valence electrons. The lowest BCUT2D eigenvalue weighted by atomic mass is 10.1. The fourth-order valence-corrected chi connectivity index (χ4v) is 3.10. The molecule has 24 heavy (non-hydrogen) atoms. The minimum atomic E-state index is -0.258. The van der Waals surface area contributed by atoms with E-state index in [0.717, 1.165) is 16.8 Å². The number of nitrogens with zero attached hydrogens (tertiary/aromatic N) is 3. The van der Waals surface area contributed by atoms with Crippen molar-refractivity contribution in [3.8, 4) is 5.69 Å². The molecule has 2 aromatic carbocycles. The second-order valence-electron chi connectivity index (χ2n) is 5.49. The van der Waals surface area contributed by atoms with Crippen LogP contribution >= 0.6 is 15.9 Å². The van der Waals surface area contributed by atoms with Gasteiger partial charge >= 0.3 is 0 Å². The number of fused-ring (bicyclic) bond motifs is 1. The summed E-state index contributed by atoms with van der Waals surface area (Å²) in [6, 6.07) is 17.6. The quantitative estimate of drug-likeness (QED) is 0.677. The maximum Gasteiger partial charge on any atom is 0.299 e. The SMILES string of the molecule is O=C(c1nn(-c2ccccc2)cc1Br)N1Cc2ccccc2CO1. The molecule has 3 aromatic rings. The Labute approximate surface area is 147 Å². The lowest BCUT2D eigenvalue weighted by Crippen LogP contribution is -2.34. The van der Waals surface area contributed by atoms with Crippen LogP contribution in [0.25, 0.3) is 5.69 Å². The Bertz CT molecular complexity index is 892. The van der Waals surface area contributed by atoms with Crippen LogP contribution in [0.5, 0.6) is 0 Å². The summed E-state index contributed by atoms with van der Waals surface area (Å²) in [5.74, 6) is -0.258. The van der Waals surface area contributed by atoms with Crippen molar-refractivity contribution in [2.75, 3.05) is 0 Å². The number of aromatic nitrogens is 2. The van der Waals surface area contributed by atoms with Gasteiger partial charge in [-0.05, 0) is 39.2 Å². The van der Waals surface area contributed by atoms with Gasteiger partial charge in [-0.2, -0.15) is 5.10 Å². The van der Waals surface area contributed by atoms with Gasteiger partial charge < -0.3 is 0 Å². The maximum absolute atomic E-state index is 12.8. The topological polar surface area (TPSA) is 47.4 Å². The van der Waals surface area contributed by atoms with Gasteiger partial charge in [0.05, 0.1) is 16.7 Å². The smallest absolute Gasteiger partial charge is 0.266 e. The van der Waals surface area contributed by atoms with E-state index >= 15 is 0 Å². The molecule has 0 aliphatic carbocycles. The molecule has 1 aliphatic heterocycles. The van der Waals surface area contributed by atoms with E-state index in [2.05, 4.69) is 21.0 Å². The van der Waals surface area contributed by atoms with Gasteiger partial charge in [-0.25, -0.2) is 9.75 Å². The van der Waals surface area contributed by atoms with Crippen LogP contribution in [0.1, 0.15) is 21.6 Å². The minimum absolute atomic E-state index is 0.258. The zero-order valence-electron chi connectivity index (χ0n) is 12.7. The van der Waals surface area contributed by atoms with Gasteiger partial charge in [0, 0.05) is 6.20 Å². The first kappa shape index (κ1) is 15.1. The average molecular weight is 384 g/mol. The number of benzene rings is 2. The summed E-state index contributed by atoms with van der Waals surface area (Å²) >= 11 is 3.43. The second kappa shape index (κ2) is 6.22. The van der Waals surface area contributed by atoms with E-state index in [1.54, 1.807) is 10.9 Å². The highest BCUT2D eigenvalue weighted by Gasteiger charge is 2.26. The third kappa shape index (κ3) is 2.74. The van der Waals surface area contributed by atoms with Gasteiger partial charge in [0.25, 0.3) is 5.91 Å².